The molecule has 0 saturated heterocycles. The Morgan fingerprint density at radius 1 is 1.12 bits per heavy atom. The molecule has 1 fully saturated rings. The summed E-state index contributed by atoms with van der Waals surface area (Å²) < 4.78 is 5.76. The van der Waals surface area contributed by atoms with Gasteiger partial charge in [0.1, 0.15) is 17.0 Å². The van der Waals surface area contributed by atoms with Gasteiger partial charge in [-0.25, -0.2) is 4.98 Å². The van der Waals surface area contributed by atoms with E-state index in [4.69, 9.17) is 16.0 Å². The number of nitrogens with one attached hydrogen (secondary N) is 2. The highest BCUT2D eigenvalue weighted by molar-refractivity contribution is 6.30. The number of rotatable bonds is 6. The maximum atomic E-state index is 13.1. The van der Waals surface area contributed by atoms with Gasteiger partial charge in [0.2, 0.25) is 11.7 Å². The van der Waals surface area contributed by atoms with Crippen LogP contribution in [0.5, 0.6) is 0 Å². The van der Waals surface area contributed by atoms with Gasteiger partial charge in [-0.1, -0.05) is 11.6 Å². The smallest absolute Gasteiger partial charge is 0.294 e. The van der Waals surface area contributed by atoms with E-state index in [-0.39, 0.29) is 23.3 Å². The van der Waals surface area contributed by atoms with Gasteiger partial charge < -0.3 is 20.0 Å². The molecule has 0 radical (unpaired) electrons. The van der Waals surface area contributed by atoms with Crippen LogP contribution in [0.3, 0.4) is 0 Å². The average Bonchev–Trinajstić information content (AvgIpc) is 3.14. The molecule has 2 N–H and O–H groups in total. The zero-order valence-corrected chi connectivity index (χ0v) is 18.9. The predicted molar refractivity (Wildman–Crippen MR) is 124 cm³/mol. The molecule has 4 rings (SSSR count). The zero-order chi connectivity index (χ0) is 22.7. The van der Waals surface area contributed by atoms with E-state index in [2.05, 4.69) is 39.6 Å². The molecule has 3 aromatic heterocycles. The van der Waals surface area contributed by atoms with Crippen molar-refractivity contribution >= 4 is 46.0 Å². The minimum atomic E-state index is -0.525. The minimum absolute atomic E-state index is 0.00917. The fourth-order valence-electron chi connectivity index (χ4n) is 4.18. The molecule has 168 valence electrons. The van der Waals surface area contributed by atoms with Crippen LogP contribution in [-0.2, 0) is 4.79 Å². The molecule has 0 atom stereocenters. The molecule has 3 aromatic rings. The number of amides is 2. The molecule has 1 aliphatic carbocycles. The van der Waals surface area contributed by atoms with Gasteiger partial charge in [-0.15, -0.1) is 0 Å². The summed E-state index contributed by atoms with van der Waals surface area (Å²) in [5.41, 5.74) is 1.15. The predicted octanol–water partition coefficient (Wildman–Crippen LogP) is 4.44. The lowest BCUT2D eigenvalue weighted by Crippen LogP contribution is -2.31. The lowest BCUT2D eigenvalue weighted by molar-refractivity contribution is -0.121. The molecule has 0 unspecified atom stereocenters. The number of fused-ring (bicyclic) bond motifs is 1. The number of carbonyl (C=O) groups is 2. The van der Waals surface area contributed by atoms with E-state index in [0.717, 1.165) is 32.2 Å². The van der Waals surface area contributed by atoms with Crippen molar-refractivity contribution in [2.24, 2.45) is 11.8 Å². The van der Waals surface area contributed by atoms with Crippen molar-refractivity contribution in [3.63, 3.8) is 0 Å². The summed E-state index contributed by atoms with van der Waals surface area (Å²) in [5, 5.41) is 6.07. The Morgan fingerprint density at radius 2 is 1.91 bits per heavy atom. The van der Waals surface area contributed by atoms with Gasteiger partial charge >= 0.3 is 0 Å². The van der Waals surface area contributed by atoms with Crippen LogP contribution in [0.2, 0.25) is 5.02 Å². The minimum Gasteiger partial charge on any atom is -0.447 e. The number of nitrogens with zero attached hydrogens (tertiary/aromatic N) is 3. The van der Waals surface area contributed by atoms with Crippen LogP contribution < -0.4 is 10.6 Å². The molecule has 1 aliphatic rings. The zero-order valence-electron chi connectivity index (χ0n) is 18.1. The number of hydrogen-bond acceptors (Lipinski definition) is 6. The van der Waals surface area contributed by atoms with Crippen LogP contribution in [0.4, 0.5) is 11.5 Å². The van der Waals surface area contributed by atoms with E-state index in [9.17, 15) is 9.59 Å². The number of aromatic nitrogens is 2. The Kier molecular flexibility index (Phi) is 6.72. The second-order valence-electron chi connectivity index (χ2n) is 8.44. The first-order valence-corrected chi connectivity index (χ1v) is 11.0. The van der Waals surface area contributed by atoms with Crippen LogP contribution in [0.25, 0.3) is 11.1 Å². The Balaban J connectivity index is 1.52. The Hall–Kier alpha value is -2.97. The summed E-state index contributed by atoms with van der Waals surface area (Å²) in [6, 6.07) is 6.64. The van der Waals surface area contributed by atoms with Crippen LogP contribution in [0.1, 0.15) is 36.2 Å². The van der Waals surface area contributed by atoms with Crippen molar-refractivity contribution < 1.29 is 14.0 Å². The summed E-state index contributed by atoms with van der Waals surface area (Å²) in [7, 11) is 4.14. The maximum Gasteiger partial charge on any atom is 0.294 e. The van der Waals surface area contributed by atoms with E-state index in [1.165, 1.54) is 6.20 Å². The van der Waals surface area contributed by atoms with Gasteiger partial charge in [0.25, 0.3) is 5.91 Å². The Morgan fingerprint density at radius 3 is 2.59 bits per heavy atom. The highest BCUT2D eigenvalue weighted by Crippen LogP contribution is 2.33. The van der Waals surface area contributed by atoms with E-state index >= 15 is 0 Å². The number of anilines is 2. The van der Waals surface area contributed by atoms with Gasteiger partial charge in [-0.2, -0.15) is 0 Å². The monoisotopic (exact) mass is 455 g/mol. The van der Waals surface area contributed by atoms with Crippen LogP contribution >= 0.6 is 11.6 Å². The van der Waals surface area contributed by atoms with Gasteiger partial charge in [0.05, 0.1) is 5.02 Å². The lowest BCUT2D eigenvalue weighted by atomic mass is 9.81. The van der Waals surface area contributed by atoms with Crippen LogP contribution in [0.15, 0.2) is 41.1 Å². The topological polar surface area (TPSA) is 100 Å². The molecule has 9 heteroatoms. The third-order valence-electron chi connectivity index (χ3n) is 5.71. The van der Waals surface area contributed by atoms with Crippen molar-refractivity contribution in [3.8, 4) is 0 Å². The summed E-state index contributed by atoms with van der Waals surface area (Å²) in [4.78, 5) is 36.6. The average molecular weight is 456 g/mol. The fourth-order valence-corrected chi connectivity index (χ4v) is 4.29. The summed E-state index contributed by atoms with van der Waals surface area (Å²) in [5.74, 6) is 0.187. The first-order valence-electron chi connectivity index (χ1n) is 10.7. The molecule has 3 heterocycles. The number of furan rings is 1. The van der Waals surface area contributed by atoms with E-state index in [0.29, 0.717) is 27.9 Å². The van der Waals surface area contributed by atoms with Gasteiger partial charge in [-0.05, 0) is 70.0 Å². The van der Waals surface area contributed by atoms with Crippen molar-refractivity contribution in [1.29, 1.82) is 0 Å². The van der Waals surface area contributed by atoms with E-state index in [1.54, 1.807) is 30.5 Å². The van der Waals surface area contributed by atoms with Crippen molar-refractivity contribution in [1.82, 2.24) is 14.9 Å². The largest absolute Gasteiger partial charge is 0.447 e. The maximum absolute atomic E-state index is 13.1. The van der Waals surface area contributed by atoms with Gasteiger partial charge in [0.15, 0.2) is 5.58 Å². The Labute approximate surface area is 191 Å². The molecule has 8 nitrogen and oxygen atoms in total. The summed E-state index contributed by atoms with van der Waals surface area (Å²) in [6.07, 6.45) is 6.70. The third kappa shape index (κ3) is 5.08. The molecule has 0 spiro atoms. The molecular formula is C23H26ClN5O3. The number of hydrogen-bond donors (Lipinski definition) is 2. The number of carbonyl (C=O) groups excluding carboxylic acids is 2. The SMILES string of the molecule is CN(C)CC1CCC(C(=O)Nc2c(C(=O)Nc3ccc(Cl)cn3)oc3cccnc23)CC1. The normalized spacial score (nSPS) is 18.6. The van der Waals surface area contributed by atoms with E-state index in [1.807, 2.05) is 0 Å². The first kappa shape index (κ1) is 22.2. The van der Waals surface area contributed by atoms with E-state index < -0.39 is 5.91 Å². The first-order chi connectivity index (χ1) is 15.4. The van der Waals surface area contributed by atoms with Gasteiger partial charge in [-0.3, -0.25) is 14.6 Å². The second kappa shape index (κ2) is 9.67. The third-order valence-corrected chi connectivity index (χ3v) is 5.93. The Bertz CT molecular complexity index is 1100. The number of halogens is 1. The molecule has 0 bridgehead atoms. The van der Waals surface area contributed by atoms with Gasteiger partial charge in [0, 0.05) is 24.9 Å². The van der Waals surface area contributed by atoms with Crippen LogP contribution in [0, 0.1) is 11.8 Å². The van der Waals surface area contributed by atoms with Crippen molar-refractivity contribution in [2.45, 2.75) is 25.7 Å². The van der Waals surface area contributed by atoms with Crippen LogP contribution in [-0.4, -0.2) is 47.3 Å². The molecule has 1 saturated carbocycles. The molecule has 0 aliphatic heterocycles. The molecule has 2 amide bonds. The molecule has 32 heavy (non-hydrogen) atoms. The fraction of sp³-hybridized carbons (Fsp3) is 0.391. The molecular weight excluding hydrogens is 430 g/mol. The standard InChI is InChI=1S/C23H26ClN5O3/c1-29(2)13-14-5-7-15(8-6-14)22(30)28-20-19-17(4-3-11-25-19)32-21(20)23(31)27-18-10-9-16(24)12-26-18/h3-4,9-12,14-15H,5-8,13H2,1-2H3,(H,28,30)(H,26,27,31). The second-order valence-corrected chi connectivity index (χ2v) is 8.88. The lowest BCUT2D eigenvalue weighted by Gasteiger charge is -2.29. The van der Waals surface area contributed by atoms with Crippen molar-refractivity contribution in [3.05, 3.63) is 47.4 Å². The highest BCUT2D eigenvalue weighted by atomic mass is 35.5. The summed E-state index contributed by atoms with van der Waals surface area (Å²) >= 11 is 5.86. The summed E-state index contributed by atoms with van der Waals surface area (Å²) in [6.45, 7) is 1.04. The number of pyridine rings is 2. The molecule has 0 aromatic carbocycles. The highest BCUT2D eigenvalue weighted by Gasteiger charge is 2.29. The van der Waals surface area contributed by atoms with Crippen molar-refractivity contribution in [2.75, 3.05) is 31.3 Å². The quantitative estimate of drug-likeness (QED) is 0.570.